The second-order valence-corrected chi connectivity index (χ2v) is 3.59. The molecular weight excluding hydrogens is 216 g/mol. The summed E-state index contributed by atoms with van der Waals surface area (Å²) >= 11 is 0. The number of carbonyl (C=O) groups excluding carboxylic acids is 1. The first-order valence-corrected chi connectivity index (χ1v) is 5.18. The van der Waals surface area contributed by atoms with Gasteiger partial charge in [0, 0.05) is 16.7 Å². The molecule has 2 aromatic carbocycles. The van der Waals surface area contributed by atoms with E-state index in [0.717, 1.165) is 6.29 Å². The van der Waals surface area contributed by atoms with Gasteiger partial charge in [-0.15, -0.1) is 0 Å². The van der Waals surface area contributed by atoms with Crippen LogP contribution in [-0.2, 0) is 0 Å². The lowest BCUT2D eigenvalue weighted by atomic mass is 10.0. The van der Waals surface area contributed by atoms with E-state index in [4.69, 9.17) is 4.74 Å². The van der Waals surface area contributed by atoms with Crippen LogP contribution in [0.25, 0.3) is 11.1 Å². The molecule has 3 heteroatoms. The standard InChI is InChI=1S/C14H12O3/c1-17-14-7-6-10(9-15)8-12(14)11-4-2-3-5-13(11)16/h2-9,16H,1H3. The predicted octanol–water partition coefficient (Wildman–Crippen LogP) is 2.88. The Bertz CT molecular complexity index is 547. The van der Waals surface area contributed by atoms with Crippen molar-refractivity contribution in [2.24, 2.45) is 0 Å². The van der Waals surface area contributed by atoms with Gasteiger partial charge < -0.3 is 9.84 Å². The van der Waals surface area contributed by atoms with Crippen LogP contribution in [0.1, 0.15) is 10.4 Å². The third-order valence-electron chi connectivity index (χ3n) is 2.55. The minimum atomic E-state index is 0.161. The summed E-state index contributed by atoms with van der Waals surface area (Å²) in [6.45, 7) is 0. The molecule has 3 nitrogen and oxygen atoms in total. The van der Waals surface area contributed by atoms with E-state index in [1.165, 1.54) is 0 Å². The molecule has 0 aliphatic rings. The van der Waals surface area contributed by atoms with Crippen molar-refractivity contribution in [1.82, 2.24) is 0 Å². The van der Waals surface area contributed by atoms with Crippen molar-refractivity contribution >= 4 is 6.29 Å². The van der Waals surface area contributed by atoms with Crippen LogP contribution in [0.2, 0.25) is 0 Å². The van der Waals surface area contributed by atoms with Gasteiger partial charge in [-0.25, -0.2) is 0 Å². The quantitative estimate of drug-likeness (QED) is 0.821. The fourth-order valence-corrected chi connectivity index (χ4v) is 1.71. The van der Waals surface area contributed by atoms with Crippen LogP contribution in [0.15, 0.2) is 42.5 Å². The van der Waals surface area contributed by atoms with Crippen molar-refractivity contribution in [1.29, 1.82) is 0 Å². The summed E-state index contributed by atoms with van der Waals surface area (Å²) in [5, 5.41) is 9.80. The molecule has 0 aromatic heterocycles. The zero-order valence-electron chi connectivity index (χ0n) is 9.38. The normalized spacial score (nSPS) is 9.94. The van der Waals surface area contributed by atoms with E-state index in [1.807, 2.05) is 6.07 Å². The number of phenolic OH excluding ortho intramolecular Hbond substituents is 1. The highest BCUT2D eigenvalue weighted by molar-refractivity contribution is 5.83. The number of benzene rings is 2. The maximum atomic E-state index is 10.8. The van der Waals surface area contributed by atoms with Crippen LogP contribution in [-0.4, -0.2) is 18.5 Å². The lowest BCUT2D eigenvalue weighted by Gasteiger charge is -2.10. The van der Waals surface area contributed by atoms with Gasteiger partial charge in [0.15, 0.2) is 0 Å². The number of aromatic hydroxyl groups is 1. The zero-order chi connectivity index (χ0) is 12.3. The largest absolute Gasteiger partial charge is 0.507 e. The maximum Gasteiger partial charge on any atom is 0.150 e. The van der Waals surface area contributed by atoms with Crippen LogP contribution >= 0.6 is 0 Å². The van der Waals surface area contributed by atoms with Crippen LogP contribution < -0.4 is 4.74 Å². The number of rotatable bonds is 3. The molecule has 2 aromatic rings. The van der Waals surface area contributed by atoms with E-state index in [1.54, 1.807) is 43.5 Å². The fraction of sp³-hybridized carbons (Fsp3) is 0.0714. The first-order chi connectivity index (χ1) is 8.26. The molecule has 2 rings (SSSR count). The number of methoxy groups -OCH3 is 1. The lowest BCUT2D eigenvalue weighted by Crippen LogP contribution is -1.90. The van der Waals surface area contributed by atoms with Gasteiger partial charge in [-0.3, -0.25) is 4.79 Å². The summed E-state index contributed by atoms with van der Waals surface area (Å²) in [4.78, 5) is 10.8. The van der Waals surface area contributed by atoms with Crippen molar-refractivity contribution in [3.8, 4) is 22.6 Å². The van der Waals surface area contributed by atoms with E-state index >= 15 is 0 Å². The van der Waals surface area contributed by atoms with Gasteiger partial charge >= 0.3 is 0 Å². The predicted molar refractivity (Wildman–Crippen MR) is 65.5 cm³/mol. The third kappa shape index (κ3) is 2.13. The molecule has 0 spiro atoms. The van der Waals surface area contributed by atoms with Gasteiger partial charge in [-0.1, -0.05) is 18.2 Å². The smallest absolute Gasteiger partial charge is 0.150 e. The molecule has 0 atom stereocenters. The Hall–Kier alpha value is -2.29. The Labute approximate surface area is 99.3 Å². The molecule has 0 heterocycles. The van der Waals surface area contributed by atoms with Crippen molar-refractivity contribution in [2.45, 2.75) is 0 Å². The molecule has 0 radical (unpaired) electrons. The molecule has 1 N–H and O–H groups in total. The van der Waals surface area contributed by atoms with Crippen LogP contribution in [0.3, 0.4) is 0 Å². The second kappa shape index (κ2) is 4.70. The highest BCUT2D eigenvalue weighted by Gasteiger charge is 2.10. The third-order valence-corrected chi connectivity index (χ3v) is 2.55. The molecule has 0 bridgehead atoms. The fourth-order valence-electron chi connectivity index (χ4n) is 1.71. The SMILES string of the molecule is COc1ccc(C=O)cc1-c1ccccc1O. The van der Waals surface area contributed by atoms with Gasteiger partial charge in [-0.2, -0.15) is 0 Å². The van der Waals surface area contributed by atoms with E-state index in [0.29, 0.717) is 22.4 Å². The van der Waals surface area contributed by atoms with Crippen LogP contribution in [0, 0.1) is 0 Å². The minimum Gasteiger partial charge on any atom is -0.507 e. The summed E-state index contributed by atoms with van der Waals surface area (Å²) in [7, 11) is 1.55. The Kier molecular flexibility index (Phi) is 3.10. The number of hydrogen-bond donors (Lipinski definition) is 1. The highest BCUT2D eigenvalue weighted by Crippen LogP contribution is 2.35. The number of hydrogen-bond acceptors (Lipinski definition) is 3. The number of carbonyl (C=O) groups is 1. The molecule has 0 saturated heterocycles. The average molecular weight is 228 g/mol. The molecule has 17 heavy (non-hydrogen) atoms. The minimum absolute atomic E-state index is 0.161. The van der Waals surface area contributed by atoms with Crippen LogP contribution in [0.4, 0.5) is 0 Å². The monoisotopic (exact) mass is 228 g/mol. The number of aldehydes is 1. The zero-order valence-corrected chi connectivity index (χ0v) is 9.38. The number of para-hydroxylation sites is 1. The van der Waals surface area contributed by atoms with E-state index in [-0.39, 0.29) is 5.75 Å². The second-order valence-electron chi connectivity index (χ2n) is 3.59. The highest BCUT2D eigenvalue weighted by atomic mass is 16.5. The molecule has 0 aliphatic heterocycles. The summed E-state index contributed by atoms with van der Waals surface area (Å²) in [6, 6.07) is 12.0. The number of ether oxygens (including phenoxy) is 1. The molecule has 0 saturated carbocycles. The maximum absolute atomic E-state index is 10.8. The first-order valence-electron chi connectivity index (χ1n) is 5.18. The summed E-state index contributed by atoms with van der Waals surface area (Å²) in [5.41, 5.74) is 1.90. The summed E-state index contributed by atoms with van der Waals surface area (Å²) in [5.74, 6) is 0.783. The molecule has 0 fully saturated rings. The number of phenols is 1. The van der Waals surface area contributed by atoms with Crippen molar-refractivity contribution in [3.63, 3.8) is 0 Å². The average Bonchev–Trinajstić information content (AvgIpc) is 2.38. The Balaban J connectivity index is 2.64. The van der Waals surface area contributed by atoms with Gasteiger partial charge in [-0.05, 0) is 24.3 Å². The lowest BCUT2D eigenvalue weighted by molar-refractivity contribution is 0.112. The summed E-state index contributed by atoms with van der Waals surface area (Å²) < 4.78 is 5.23. The summed E-state index contributed by atoms with van der Waals surface area (Å²) in [6.07, 6.45) is 0.767. The van der Waals surface area contributed by atoms with Gasteiger partial charge in [0.2, 0.25) is 0 Å². The Morgan fingerprint density at radius 2 is 1.88 bits per heavy atom. The molecule has 0 aliphatic carbocycles. The van der Waals surface area contributed by atoms with E-state index < -0.39 is 0 Å². The topological polar surface area (TPSA) is 46.5 Å². The van der Waals surface area contributed by atoms with Gasteiger partial charge in [0.25, 0.3) is 0 Å². The first kappa shape index (κ1) is 11.2. The molecule has 0 amide bonds. The van der Waals surface area contributed by atoms with Crippen molar-refractivity contribution in [2.75, 3.05) is 7.11 Å². The van der Waals surface area contributed by atoms with E-state index in [9.17, 15) is 9.90 Å². The molecular formula is C14H12O3. The Morgan fingerprint density at radius 1 is 1.12 bits per heavy atom. The van der Waals surface area contributed by atoms with Gasteiger partial charge in [0.1, 0.15) is 17.8 Å². The van der Waals surface area contributed by atoms with Crippen molar-refractivity contribution in [3.05, 3.63) is 48.0 Å². The molecule has 86 valence electrons. The van der Waals surface area contributed by atoms with Crippen molar-refractivity contribution < 1.29 is 14.6 Å². The Morgan fingerprint density at radius 3 is 2.53 bits per heavy atom. The molecule has 0 unspecified atom stereocenters. The van der Waals surface area contributed by atoms with E-state index in [2.05, 4.69) is 0 Å². The van der Waals surface area contributed by atoms with Gasteiger partial charge in [0.05, 0.1) is 7.11 Å². The van der Waals surface area contributed by atoms with Crippen LogP contribution in [0.5, 0.6) is 11.5 Å².